The molecule has 9 nitrogen and oxygen atoms in total. The fraction of sp³-hybridized carbons (Fsp3) is 0.0741. The first-order chi connectivity index (χ1) is 18.6. The number of anilines is 2. The lowest BCUT2D eigenvalue weighted by Crippen LogP contribution is -2.20. The van der Waals surface area contributed by atoms with Crippen LogP contribution in [0.2, 0.25) is 0 Å². The van der Waals surface area contributed by atoms with Crippen LogP contribution in [0.4, 0.5) is 11.4 Å². The molecule has 0 fully saturated rings. The van der Waals surface area contributed by atoms with E-state index in [-0.39, 0.29) is 22.5 Å². The standard InChI is InChI=1S/C11H11N3O.C6H6BrN.C5H3Br2N.C5H6N2O/c1-8-5-9(7-13-6-8)14-4-2-3-10(12)11(14)15;1-5-2-6(7)4-8-3-5;6-4-1-5(7)3-8-2-4;6-4-2-1-3-7-5(4)8/h2-7H,12H2,1H3;2-4H,1H3;1-3H;1-3H,6H2,(H,7,8). The molecule has 0 aliphatic carbocycles. The summed E-state index contributed by atoms with van der Waals surface area (Å²) >= 11 is 9.84. The zero-order valence-electron chi connectivity index (χ0n) is 21.1. The Morgan fingerprint density at radius 2 is 1.26 bits per heavy atom. The van der Waals surface area contributed by atoms with Crippen molar-refractivity contribution in [2.45, 2.75) is 13.8 Å². The maximum atomic E-state index is 11.7. The Morgan fingerprint density at radius 1 is 0.718 bits per heavy atom. The van der Waals surface area contributed by atoms with E-state index in [2.05, 4.69) is 67.7 Å². The molecule has 0 atom stereocenters. The molecule has 0 aromatic carbocycles. The molecule has 5 rings (SSSR count). The Kier molecular flexibility index (Phi) is 13.3. The van der Waals surface area contributed by atoms with Gasteiger partial charge in [0.15, 0.2) is 0 Å². The van der Waals surface area contributed by atoms with Crippen molar-refractivity contribution in [3.8, 4) is 5.69 Å². The lowest BCUT2D eigenvalue weighted by atomic mass is 10.3. The summed E-state index contributed by atoms with van der Waals surface area (Å²) < 4.78 is 4.51. The maximum absolute atomic E-state index is 11.7. The summed E-state index contributed by atoms with van der Waals surface area (Å²) in [7, 11) is 0. The fourth-order valence-electron chi connectivity index (χ4n) is 2.72. The van der Waals surface area contributed by atoms with Crippen LogP contribution in [-0.2, 0) is 0 Å². The van der Waals surface area contributed by atoms with Gasteiger partial charge in [-0.2, -0.15) is 0 Å². The van der Waals surface area contributed by atoms with Gasteiger partial charge in [-0.15, -0.1) is 0 Å². The second kappa shape index (κ2) is 16.4. The predicted molar refractivity (Wildman–Crippen MR) is 167 cm³/mol. The third kappa shape index (κ3) is 11.8. The largest absolute Gasteiger partial charge is 0.394 e. The van der Waals surface area contributed by atoms with E-state index in [0.717, 1.165) is 24.7 Å². The Bertz CT molecular complexity index is 1530. The Labute approximate surface area is 250 Å². The van der Waals surface area contributed by atoms with Crippen LogP contribution in [0.5, 0.6) is 0 Å². The highest BCUT2D eigenvalue weighted by Crippen LogP contribution is 2.13. The molecule has 0 unspecified atom stereocenters. The highest BCUT2D eigenvalue weighted by molar-refractivity contribution is 9.11. The number of hydrogen-bond donors (Lipinski definition) is 3. The second-order valence-corrected chi connectivity index (χ2v) is 10.6. The molecular weight excluding hydrogens is 694 g/mol. The summed E-state index contributed by atoms with van der Waals surface area (Å²) in [4.78, 5) is 36.4. The summed E-state index contributed by atoms with van der Waals surface area (Å²) in [6.07, 6.45) is 13.7. The van der Waals surface area contributed by atoms with E-state index in [1.54, 1.807) is 67.6 Å². The lowest BCUT2D eigenvalue weighted by Gasteiger charge is -2.05. The zero-order valence-corrected chi connectivity index (χ0v) is 25.8. The molecule has 0 bridgehead atoms. The number of nitrogens with zero attached hydrogens (tertiary/aromatic N) is 4. The molecule has 0 amide bonds. The summed E-state index contributed by atoms with van der Waals surface area (Å²) in [6.45, 7) is 3.94. The van der Waals surface area contributed by atoms with Crippen LogP contribution < -0.4 is 22.6 Å². The summed E-state index contributed by atoms with van der Waals surface area (Å²) in [5.74, 6) is 0. The molecule has 5 aromatic rings. The zero-order chi connectivity index (χ0) is 28.8. The SMILES string of the molecule is Brc1cncc(Br)c1.Cc1cncc(-n2cccc(N)c2=O)c1.Cc1cncc(Br)c1.Nc1ccc[nH]c1=O. The molecule has 5 N–H and O–H groups in total. The molecule has 0 saturated carbocycles. The number of nitrogens with one attached hydrogen (secondary N) is 1. The molecule has 202 valence electrons. The van der Waals surface area contributed by atoms with Crippen LogP contribution in [0.25, 0.3) is 5.69 Å². The molecule has 0 saturated heterocycles. The van der Waals surface area contributed by atoms with Gasteiger partial charge in [0.05, 0.1) is 23.3 Å². The van der Waals surface area contributed by atoms with Gasteiger partial charge in [-0.1, -0.05) is 0 Å². The number of rotatable bonds is 1. The predicted octanol–water partition coefficient (Wildman–Crippen LogP) is 5.84. The maximum Gasteiger partial charge on any atom is 0.278 e. The minimum Gasteiger partial charge on any atom is -0.394 e. The molecule has 0 aliphatic rings. The van der Waals surface area contributed by atoms with Gasteiger partial charge < -0.3 is 16.5 Å². The van der Waals surface area contributed by atoms with Crippen LogP contribution in [0.3, 0.4) is 0 Å². The van der Waals surface area contributed by atoms with Crippen molar-refractivity contribution < 1.29 is 0 Å². The lowest BCUT2D eigenvalue weighted by molar-refractivity contribution is 0.978. The van der Waals surface area contributed by atoms with E-state index in [4.69, 9.17) is 11.5 Å². The van der Waals surface area contributed by atoms with Crippen molar-refractivity contribution >= 4 is 59.2 Å². The second-order valence-electron chi connectivity index (χ2n) is 7.82. The normalized spacial score (nSPS) is 9.56. The van der Waals surface area contributed by atoms with Gasteiger partial charge in [0.2, 0.25) is 0 Å². The van der Waals surface area contributed by atoms with Crippen LogP contribution >= 0.6 is 47.8 Å². The number of hydrogen-bond acceptors (Lipinski definition) is 7. The number of nitrogen functional groups attached to an aromatic ring is 2. The van der Waals surface area contributed by atoms with Crippen molar-refractivity contribution in [2.24, 2.45) is 0 Å². The highest BCUT2D eigenvalue weighted by atomic mass is 79.9. The molecule has 5 heterocycles. The highest BCUT2D eigenvalue weighted by Gasteiger charge is 2.02. The topological polar surface area (TPSA) is 146 Å². The number of aryl methyl sites for hydroxylation is 2. The van der Waals surface area contributed by atoms with Crippen LogP contribution in [0, 0.1) is 13.8 Å². The quantitative estimate of drug-likeness (QED) is 0.197. The van der Waals surface area contributed by atoms with Crippen molar-refractivity contribution in [1.82, 2.24) is 24.5 Å². The van der Waals surface area contributed by atoms with Gasteiger partial charge in [0, 0.05) is 56.8 Å². The Morgan fingerprint density at radius 3 is 1.69 bits per heavy atom. The van der Waals surface area contributed by atoms with E-state index >= 15 is 0 Å². The van der Waals surface area contributed by atoms with Crippen molar-refractivity contribution in [2.75, 3.05) is 11.5 Å². The summed E-state index contributed by atoms with van der Waals surface area (Å²) in [5.41, 5.74) is 13.7. The van der Waals surface area contributed by atoms with E-state index in [1.807, 2.05) is 38.2 Å². The average Bonchev–Trinajstić information content (AvgIpc) is 2.88. The summed E-state index contributed by atoms with van der Waals surface area (Å²) in [5, 5.41) is 0. The minimum absolute atomic E-state index is 0.218. The third-order valence-electron chi connectivity index (χ3n) is 4.48. The van der Waals surface area contributed by atoms with Crippen LogP contribution in [-0.4, -0.2) is 24.5 Å². The molecule has 39 heavy (non-hydrogen) atoms. The molecular formula is C27H26Br3N7O2. The number of nitrogens with two attached hydrogens (primary N) is 2. The number of aromatic amines is 1. The van der Waals surface area contributed by atoms with Gasteiger partial charge in [-0.3, -0.25) is 29.1 Å². The van der Waals surface area contributed by atoms with E-state index in [9.17, 15) is 9.59 Å². The average molecular weight is 720 g/mol. The van der Waals surface area contributed by atoms with Gasteiger partial charge in [0.1, 0.15) is 0 Å². The van der Waals surface area contributed by atoms with Gasteiger partial charge in [-0.05, 0) is 115 Å². The Balaban J connectivity index is 0.000000192. The first-order valence-corrected chi connectivity index (χ1v) is 13.6. The number of halogens is 3. The molecule has 0 aliphatic heterocycles. The fourth-order valence-corrected chi connectivity index (χ4v) is 4.24. The molecule has 0 spiro atoms. The van der Waals surface area contributed by atoms with E-state index < -0.39 is 0 Å². The molecule has 0 radical (unpaired) electrons. The van der Waals surface area contributed by atoms with E-state index in [0.29, 0.717) is 0 Å². The Hall–Kier alpha value is -3.61. The third-order valence-corrected chi connectivity index (χ3v) is 5.78. The van der Waals surface area contributed by atoms with Gasteiger partial charge in [-0.25, -0.2) is 0 Å². The summed E-state index contributed by atoms with van der Waals surface area (Å²) in [6, 6.07) is 12.4. The van der Waals surface area contributed by atoms with E-state index in [1.165, 1.54) is 10.1 Å². The smallest absolute Gasteiger partial charge is 0.278 e. The van der Waals surface area contributed by atoms with Crippen molar-refractivity contribution in [3.63, 3.8) is 0 Å². The molecule has 5 aromatic heterocycles. The minimum atomic E-state index is -0.229. The van der Waals surface area contributed by atoms with Crippen molar-refractivity contribution in [1.29, 1.82) is 0 Å². The van der Waals surface area contributed by atoms with Gasteiger partial charge >= 0.3 is 0 Å². The van der Waals surface area contributed by atoms with Crippen molar-refractivity contribution in [3.05, 3.63) is 137 Å². The monoisotopic (exact) mass is 717 g/mol. The number of aromatic nitrogens is 5. The van der Waals surface area contributed by atoms with Crippen LogP contribution in [0.1, 0.15) is 11.1 Å². The van der Waals surface area contributed by atoms with Gasteiger partial charge in [0.25, 0.3) is 11.1 Å². The first-order valence-electron chi connectivity index (χ1n) is 11.2. The number of H-pyrrole nitrogens is 1. The first kappa shape index (κ1) is 31.6. The van der Waals surface area contributed by atoms with Crippen LogP contribution in [0.15, 0.2) is 115 Å². The molecule has 12 heteroatoms. The number of pyridine rings is 5.